The fraction of sp³-hybridized carbons (Fsp3) is 0.300. The fourth-order valence-corrected chi connectivity index (χ4v) is 1.73. The molecule has 0 saturated carbocycles. The molecule has 0 fully saturated rings. The smallest absolute Gasteiger partial charge is 0.153 e. The monoisotopic (exact) mass is 189 g/mol. The third-order valence-electron chi connectivity index (χ3n) is 2.45. The predicted octanol–water partition coefficient (Wildman–Crippen LogP) is 1.25. The van der Waals surface area contributed by atoms with Crippen molar-refractivity contribution in [3.05, 3.63) is 30.4 Å². The first-order valence-corrected chi connectivity index (χ1v) is 4.74. The van der Waals surface area contributed by atoms with Gasteiger partial charge in [0.1, 0.15) is 11.5 Å². The third kappa shape index (κ3) is 1.15. The van der Waals surface area contributed by atoms with Crippen molar-refractivity contribution in [3.63, 3.8) is 0 Å². The average molecular weight is 189 g/mol. The van der Waals surface area contributed by atoms with Gasteiger partial charge >= 0.3 is 0 Å². The van der Waals surface area contributed by atoms with E-state index in [1.165, 1.54) is 0 Å². The SMILES string of the molecule is c1coc(-c2cn3c(n2)CNCC3)c1. The van der Waals surface area contributed by atoms with Crippen molar-refractivity contribution in [3.8, 4) is 11.5 Å². The molecule has 1 N–H and O–H groups in total. The Balaban J connectivity index is 2.04. The highest BCUT2D eigenvalue weighted by Gasteiger charge is 2.13. The second-order valence-corrected chi connectivity index (χ2v) is 3.39. The molecule has 0 saturated heterocycles. The highest BCUT2D eigenvalue weighted by atomic mass is 16.3. The van der Waals surface area contributed by atoms with E-state index in [-0.39, 0.29) is 0 Å². The van der Waals surface area contributed by atoms with Crippen LogP contribution in [0.5, 0.6) is 0 Å². The fourth-order valence-electron chi connectivity index (χ4n) is 1.73. The van der Waals surface area contributed by atoms with E-state index in [2.05, 4.69) is 21.1 Å². The van der Waals surface area contributed by atoms with Crippen LogP contribution in [-0.2, 0) is 13.1 Å². The maximum absolute atomic E-state index is 5.30. The summed E-state index contributed by atoms with van der Waals surface area (Å²) in [5.41, 5.74) is 0.925. The van der Waals surface area contributed by atoms with Gasteiger partial charge in [-0.25, -0.2) is 4.98 Å². The van der Waals surface area contributed by atoms with Gasteiger partial charge in [0.25, 0.3) is 0 Å². The van der Waals surface area contributed by atoms with Crippen molar-refractivity contribution in [2.24, 2.45) is 0 Å². The Morgan fingerprint density at radius 1 is 1.50 bits per heavy atom. The van der Waals surface area contributed by atoms with Crippen molar-refractivity contribution in [1.82, 2.24) is 14.9 Å². The number of furan rings is 1. The summed E-state index contributed by atoms with van der Waals surface area (Å²) < 4.78 is 7.48. The summed E-state index contributed by atoms with van der Waals surface area (Å²) in [6.45, 7) is 2.85. The van der Waals surface area contributed by atoms with Crippen LogP contribution in [0.2, 0.25) is 0 Å². The van der Waals surface area contributed by atoms with Gasteiger partial charge in [-0.3, -0.25) is 0 Å². The molecule has 4 heteroatoms. The topological polar surface area (TPSA) is 43.0 Å². The van der Waals surface area contributed by atoms with Crippen LogP contribution < -0.4 is 5.32 Å². The number of aromatic nitrogens is 2. The maximum atomic E-state index is 5.30. The zero-order valence-electron chi connectivity index (χ0n) is 7.73. The van der Waals surface area contributed by atoms with Gasteiger partial charge in [-0.1, -0.05) is 0 Å². The summed E-state index contributed by atoms with van der Waals surface area (Å²) in [4.78, 5) is 4.50. The molecule has 0 aliphatic carbocycles. The summed E-state index contributed by atoms with van der Waals surface area (Å²) in [6.07, 6.45) is 3.72. The molecule has 2 aromatic rings. The molecule has 4 nitrogen and oxygen atoms in total. The Morgan fingerprint density at radius 2 is 2.50 bits per heavy atom. The molecular formula is C10H11N3O. The van der Waals surface area contributed by atoms with Crippen LogP contribution in [-0.4, -0.2) is 16.1 Å². The molecule has 0 amide bonds. The minimum atomic E-state index is 0.840. The van der Waals surface area contributed by atoms with Gasteiger partial charge in [-0.05, 0) is 12.1 Å². The number of nitrogens with one attached hydrogen (secondary N) is 1. The summed E-state index contributed by atoms with van der Waals surface area (Å²) in [6, 6.07) is 3.81. The Kier molecular flexibility index (Phi) is 1.67. The minimum absolute atomic E-state index is 0.840. The van der Waals surface area contributed by atoms with E-state index in [1.807, 2.05) is 12.1 Å². The van der Waals surface area contributed by atoms with Gasteiger partial charge in [0.2, 0.25) is 0 Å². The van der Waals surface area contributed by atoms with E-state index in [9.17, 15) is 0 Å². The summed E-state index contributed by atoms with van der Waals surface area (Å²) >= 11 is 0. The zero-order chi connectivity index (χ0) is 9.38. The summed E-state index contributed by atoms with van der Waals surface area (Å²) in [7, 11) is 0. The molecule has 0 aromatic carbocycles. The van der Waals surface area contributed by atoms with E-state index in [0.717, 1.165) is 36.9 Å². The number of nitrogens with zero attached hydrogens (tertiary/aromatic N) is 2. The van der Waals surface area contributed by atoms with Crippen molar-refractivity contribution >= 4 is 0 Å². The first kappa shape index (κ1) is 7.82. The van der Waals surface area contributed by atoms with Gasteiger partial charge in [0.15, 0.2) is 5.76 Å². The molecule has 1 aliphatic heterocycles. The Bertz CT molecular complexity index is 407. The predicted molar refractivity (Wildman–Crippen MR) is 51.6 cm³/mol. The third-order valence-corrected chi connectivity index (χ3v) is 2.45. The molecule has 0 radical (unpaired) electrons. The number of rotatable bonds is 1. The summed E-state index contributed by atoms with van der Waals surface area (Å²) in [5.74, 6) is 1.93. The van der Waals surface area contributed by atoms with E-state index < -0.39 is 0 Å². The van der Waals surface area contributed by atoms with Crippen LogP contribution in [0.3, 0.4) is 0 Å². The van der Waals surface area contributed by atoms with Crippen LogP contribution in [0, 0.1) is 0 Å². The van der Waals surface area contributed by atoms with E-state index in [0.29, 0.717) is 0 Å². The Morgan fingerprint density at radius 3 is 3.29 bits per heavy atom. The molecule has 0 atom stereocenters. The second-order valence-electron chi connectivity index (χ2n) is 3.39. The highest BCUT2D eigenvalue weighted by Crippen LogP contribution is 2.19. The van der Waals surface area contributed by atoms with Crippen molar-refractivity contribution in [2.45, 2.75) is 13.1 Å². The number of fused-ring (bicyclic) bond motifs is 1. The molecule has 0 unspecified atom stereocenters. The second kappa shape index (κ2) is 2.99. The normalized spacial score (nSPS) is 15.4. The lowest BCUT2D eigenvalue weighted by Crippen LogP contribution is -2.27. The Hall–Kier alpha value is -1.55. The molecule has 0 spiro atoms. The van der Waals surface area contributed by atoms with Gasteiger partial charge < -0.3 is 14.3 Å². The van der Waals surface area contributed by atoms with Gasteiger partial charge in [0, 0.05) is 19.3 Å². The van der Waals surface area contributed by atoms with E-state index in [4.69, 9.17) is 4.42 Å². The summed E-state index contributed by atoms with van der Waals surface area (Å²) in [5, 5.41) is 3.29. The van der Waals surface area contributed by atoms with Crippen LogP contribution in [0.4, 0.5) is 0 Å². The molecule has 3 heterocycles. The largest absolute Gasteiger partial charge is 0.463 e. The lowest BCUT2D eigenvalue weighted by Gasteiger charge is -2.13. The van der Waals surface area contributed by atoms with Gasteiger partial charge in [-0.15, -0.1) is 0 Å². The molecule has 72 valence electrons. The van der Waals surface area contributed by atoms with Crippen LogP contribution in [0.1, 0.15) is 5.82 Å². The quantitative estimate of drug-likeness (QED) is 0.734. The van der Waals surface area contributed by atoms with E-state index >= 15 is 0 Å². The number of hydrogen-bond acceptors (Lipinski definition) is 3. The van der Waals surface area contributed by atoms with Gasteiger partial charge in [0.05, 0.1) is 12.8 Å². The lowest BCUT2D eigenvalue weighted by molar-refractivity contribution is 0.505. The molecule has 2 aromatic heterocycles. The van der Waals surface area contributed by atoms with Crippen molar-refractivity contribution < 1.29 is 4.42 Å². The molecule has 3 rings (SSSR count). The zero-order valence-corrected chi connectivity index (χ0v) is 7.73. The van der Waals surface area contributed by atoms with Crippen LogP contribution in [0.15, 0.2) is 29.0 Å². The Labute approximate surface area is 81.6 Å². The number of imidazole rings is 1. The minimum Gasteiger partial charge on any atom is -0.463 e. The van der Waals surface area contributed by atoms with E-state index in [1.54, 1.807) is 6.26 Å². The molecule has 1 aliphatic rings. The molecule has 0 bridgehead atoms. The highest BCUT2D eigenvalue weighted by molar-refractivity contribution is 5.51. The first-order valence-electron chi connectivity index (χ1n) is 4.74. The van der Waals surface area contributed by atoms with Crippen LogP contribution in [0.25, 0.3) is 11.5 Å². The lowest BCUT2D eigenvalue weighted by atomic mass is 10.3. The molecule has 14 heavy (non-hydrogen) atoms. The standard InChI is InChI=1S/C10H11N3O/c1-2-9(14-5-1)8-7-13-4-3-11-6-10(13)12-8/h1-2,5,7,11H,3-4,6H2. The van der Waals surface area contributed by atoms with Crippen molar-refractivity contribution in [1.29, 1.82) is 0 Å². The van der Waals surface area contributed by atoms with Crippen molar-refractivity contribution in [2.75, 3.05) is 6.54 Å². The van der Waals surface area contributed by atoms with Gasteiger partial charge in [-0.2, -0.15) is 0 Å². The first-order chi connectivity index (χ1) is 6.93. The van der Waals surface area contributed by atoms with Crippen LogP contribution >= 0.6 is 0 Å². The molecular weight excluding hydrogens is 178 g/mol. The number of hydrogen-bond donors (Lipinski definition) is 1. The maximum Gasteiger partial charge on any atom is 0.153 e. The average Bonchev–Trinajstić information content (AvgIpc) is 2.86.